The van der Waals surface area contributed by atoms with Gasteiger partial charge in [0.05, 0.1) is 29.6 Å². The van der Waals surface area contributed by atoms with Gasteiger partial charge in [-0.05, 0) is 62.0 Å². The van der Waals surface area contributed by atoms with Crippen LogP contribution in [0.3, 0.4) is 0 Å². The van der Waals surface area contributed by atoms with Gasteiger partial charge in [-0.15, -0.1) is 0 Å². The average molecular weight is 437 g/mol. The summed E-state index contributed by atoms with van der Waals surface area (Å²) in [5.41, 5.74) is -1.72. The number of aliphatic hydroxyl groups excluding tert-OH is 1. The first kappa shape index (κ1) is 23.8. The molecular formula is C24H36O7. The van der Waals surface area contributed by atoms with Crippen molar-refractivity contribution in [2.24, 2.45) is 22.7 Å². The highest BCUT2D eigenvalue weighted by molar-refractivity contribution is 5.67. The van der Waals surface area contributed by atoms with Crippen LogP contribution in [0.15, 0.2) is 23.0 Å². The largest absolute Gasteiger partial charge is 0.472 e. The summed E-state index contributed by atoms with van der Waals surface area (Å²) in [5, 5.41) is 23.0. The van der Waals surface area contributed by atoms with E-state index < -0.39 is 46.5 Å². The first-order valence-electron chi connectivity index (χ1n) is 11.2. The highest BCUT2D eigenvalue weighted by Gasteiger charge is 2.70. The Bertz CT molecular complexity index is 786. The summed E-state index contributed by atoms with van der Waals surface area (Å²) in [4.78, 5) is 23.8. The number of furan rings is 1. The monoisotopic (exact) mass is 436 g/mol. The molecule has 1 aromatic heterocycles. The van der Waals surface area contributed by atoms with Crippen LogP contribution in [0.1, 0.15) is 65.9 Å². The molecule has 2 saturated carbocycles. The number of fused-ring (bicyclic) bond motifs is 1. The molecule has 2 aliphatic carbocycles. The maximum atomic E-state index is 12.0. The van der Waals surface area contributed by atoms with Crippen molar-refractivity contribution in [2.45, 2.75) is 84.5 Å². The first-order valence-corrected chi connectivity index (χ1v) is 11.2. The van der Waals surface area contributed by atoms with Crippen molar-refractivity contribution >= 4 is 11.9 Å². The second-order valence-corrected chi connectivity index (χ2v) is 10.1. The van der Waals surface area contributed by atoms with Crippen LogP contribution in [-0.4, -0.2) is 46.6 Å². The molecule has 0 bridgehead atoms. The lowest BCUT2D eigenvalue weighted by molar-refractivity contribution is -0.290. The summed E-state index contributed by atoms with van der Waals surface area (Å²) in [6.07, 6.45) is 4.76. The quantitative estimate of drug-likeness (QED) is 0.659. The summed E-state index contributed by atoms with van der Waals surface area (Å²) in [7, 11) is 0. The zero-order valence-corrected chi connectivity index (χ0v) is 19.2. The molecule has 2 aliphatic rings. The zero-order chi connectivity index (χ0) is 23.0. The Morgan fingerprint density at radius 3 is 2.55 bits per heavy atom. The molecule has 7 heteroatoms. The van der Waals surface area contributed by atoms with Gasteiger partial charge in [0.15, 0.2) is 0 Å². The van der Waals surface area contributed by atoms with E-state index in [9.17, 15) is 19.8 Å². The van der Waals surface area contributed by atoms with E-state index in [-0.39, 0.29) is 12.5 Å². The van der Waals surface area contributed by atoms with Crippen LogP contribution in [0.2, 0.25) is 0 Å². The van der Waals surface area contributed by atoms with Crippen molar-refractivity contribution in [2.75, 3.05) is 6.61 Å². The Morgan fingerprint density at radius 2 is 1.97 bits per heavy atom. The predicted molar refractivity (Wildman–Crippen MR) is 113 cm³/mol. The lowest BCUT2D eigenvalue weighted by atomic mass is 9.41. The summed E-state index contributed by atoms with van der Waals surface area (Å²) in [6, 6.07) is 1.93. The van der Waals surface area contributed by atoms with E-state index in [2.05, 4.69) is 13.8 Å². The Labute approximate surface area is 184 Å². The Morgan fingerprint density at radius 1 is 1.26 bits per heavy atom. The van der Waals surface area contributed by atoms with Crippen LogP contribution in [-0.2, 0) is 25.5 Å². The standard InChI is InChI=1S/C24H36O7/c1-15-12-20(31-17(3)26)24(14-30-16(2)25)21(19(27)7-10-23(24,5)28)22(15,4)9-6-18-8-11-29-13-18/h8,11,13,15,19-21,27-28H,6-7,9-10,12,14H2,1-5H3/t15-,19+,20+,21-,22+,23-,24-/m1/s1. The minimum Gasteiger partial charge on any atom is -0.472 e. The van der Waals surface area contributed by atoms with Crippen LogP contribution in [0.5, 0.6) is 0 Å². The third-order valence-electron chi connectivity index (χ3n) is 8.20. The van der Waals surface area contributed by atoms with Gasteiger partial charge >= 0.3 is 11.9 Å². The zero-order valence-electron chi connectivity index (χ0n) is 19.2. The van der Waals surface area contributed by atoms with Crippen molar-refractivity contribution in [3.8, 4) is 0 Å². The minimum atomic E-state index is -1.29. The molecule has 2 N–H and O–H groups in total. The van der Waals surface area contributed by atoms with Crippen molar-refractivity contribution in [1.29, 1.82) is 0 Å². The van der Waals surface area contributed by atoms with Crippen LogP contribution < -0.4 is 0 Å². The minimum absolute atomic E-state index is 0.0998. The Balaban J connectivity index is 2.11. The van der Waals surface area contributed by atoms with Crippen molar-refractivity contribution in [3.63, 3.8) is 0 Å². The molecule has 7 atom stereocenters. The lowest BCUT2D eigenvalue weighted by Gasteiger charge is -2.66. The van der Waals surface area contributed by atoms with E-state index in [1.165, 1.54) is 13.8 Å². The fourth-order valence-corrected chi connectivity index (χ4v) is 6.35. The van der Waals surface area contributed by atoms with Crippen LogP contribution in [0.4, 0.5) is 0 Å². The van der Waals surface area contributed by atoms with Gasteiger partial charge in [-0.3, -0.25) is 9.59 Å². The number of aliphatic hydroxyl groups is 2. The molecule has 2 fully saturated rings. The van der Waals surface area contributed by atoms with E-state index in [1.54, 1.807) is 19.5 Å². The SMILES string of the molecule is CC(=O)OC[C@@]12[C@@H](OC(C)=O)C[C@@H](C)[C@](C)(CCc3ccoc3)[C@H]1[C@@H](O)CC[C@@]2(C)O. The molecule has 7 nitrogen and oxygen atoms in total. The molecule has 0 spiro atoms. The van der Waals surface area contributed by atoms with E-state index in [0.29, 0.717) is 19.3 Å². The normalized spacial score (nSPS) is 40.1. The number of rotatable bonds is 6. The molecular weight excluding hydrogens is 400 g/mol. The van der Waals surface area contributed by atoms with Crippen LogP contribution in [0.25, 0.3) is 0 Å². The summed E-state index contributed by atoms with van der Waals surface area (Å²) >= 11 is 0. The van der Waals surface area contributed by atoms with E-state index in [1.807, 2.05) is 6.07 Å². The fraction of sp³-hybridized carbons (Fsp3) is 0.750. The molecule has 0 aliphatic heterocycles. The second kappa shape index (κ2) is 8.58. The number of hydrogen-bond donors (Lipinski definition) is 2. The molecule has 1 aromatic rings. The smallest absolute Gasteiger partial charge is 0.302 e. The van der Waals surface area contributed by atoms with Gasteiger partial charge in [0.25, 0.3) is 0 Å². The van der Waals surface area contributed by atoms with Gasteiger partial charge < -0.3 is 24.1 Å². The number of hydrogen-bond acceptors (Lipinski definition) is 7. The lowest BCUT2D eigenvalue weighted by Crippen LogP contribution is -2.72. The number of carbonyl (C=O) groups is 2. The molecule has 0 unspecified atom stereocenters. The van der Waals surface area contributed by atoms with Crippen LogP contribution in [0, 0.1) is 22.7 Å². The maximum absolute atomic E-state index is 12.0. The topological polar surface area (TPSA) is 106 Å². The summed E-state index contributed by atoms with van der Waals surface area (Å²) in [5.74, 6) is -1.24. The van der Waals surface area contributed by atoms with Crippen molar-refractivity contribution in [3.05, 3.63) is 24.2 Å². The molecule has 0 saturated heterocycles. The van der Waals surface area contributed by atoms with Gasteiger partial charge in [0.2, 0.25) is 0 Å². The summed E-state index contributed by atoms with van der Waals surface area (Å²) < 4.78 is 16.5. The van der Waals surface area contributed by atoms with Gasteiger partial charge in [0.1, 0.15) is 12.7 Å². The highest BCUT2D eigenvalue weighted by Crippen LogP contribution is 2.65. The van der Waals surface area contributed by atoms with Gasteiger partial charge in [-0.25, -0.2) is 0 Å². The average Bonchev–Trinajstić information content (AvgIpc) is 3.18. The third kappa shape index (κ3) is 4.14. The molecule has 0 amide bonds. The fourth-order valence-electron chi connectivity index (χ4n) is 6.35. The van der Waals surface area contributed by atoms with Gasteiger partial charge in [-0.2, -0.15) is 0 Å². The number of ether oxygens (including phenoxy) is 2. The number of esters is 2. The number of carbonyl (C=O) groups excluding carboxylic acids is 2. The maximum Gasteiger partial charge on any atom is 0.302 e. The molecule has 3 rings (SSSR count). The predicted octanol–water partition coefficient (Wildman–Crippen LogP) is 3.26. The molecule has 174 valence electrons. The highest BCUT2D eigenvalue weighted by atomic mass is 16.6. The van der Waals surface area contributed by atoms with Crippen LogP contribution >= 0.6 is 0 Å². The first-order chi connectivity index (χ1) is 14.4. The Kier molecular flexibility index (Phi) is 6.59. The molecule has 31 heavy (non-hydrogen) atoms. The van der Waals surface area contributed by atoms with Crippen molar-refractivity contribution in [1.82, 2.24) is 0 Å². The van der Waals surface area contributed by atoms with Crippen molar-refractivity contribution < 1.29 is 33.7 Å². The van der Waals surface area contributed by atoms with E-state index in [4.69, 9.17) is 13.9 Å². The Hall–Kier alpha value is -1.86. The van der Waals surface area contributed by atoms with E-state index >= 15 is 0 Å². The van der Waals surface area contributed by atoms with E-state index in [0.717, 1.165) is 18.4 Å². The number of aryl methyl sites for hydroxylation is 1. The molecule has 1 heterocycles. The summed E-state index contributed by atoms with van der Waals surface area (Å²) in [6.45, 7) is 8.53. The van der Waals surface area contributed by atoms with Gasteiger partial charge in [0, 0.05) is 19.8 Å². The molecule has 0 aromatic carbocycles. The second-order valence-electron chi connectivity index (χ2n) is 10.1. The molecule has 0 radical (unpaired) electrons. The third-order valence-corrected chi connectivity index (χ3v) is 8.20. The van der Waals surface area contributed by atoms with Gasteiger partial charge in [-0.1, -0.05) is 13.8 Å².